The summed E-state index contributed by atoms with van der Waals surface area (Å²) in [6.07, 6.45) is 11.6. The molecule has 120 valence electrons. The van der Waals surface area contributed by atoms with Crippen molar-refractivity contribution in [2.75, 3.05) is 13.1 Å². The molecule has 0 atom stereocenters. The summed E-state index contributed by atoms with van der Waals surface area (Å²) in [5, 5.41) is 3.76. The van der Waals surface area contributed by atoms with Gasteiger partial charge in [-0.15, -0.1) is 0 Å². The van der Waals surface area contributed by atoms with Gasteiger partial charge in [0.15, 0.2) is 0 Å². The zero-order chi connectivity index (χ0) is 15.0. The minimum Gasteiger partial charge on any atom is -0.316 e. The average Bonchev–Trinajstić information content (AvgIpc) is 2.37. The second-order valence-corrected chi connectivity index (χ2v) is 8.21. The first-order chi connectivity index (χ1) is 9.47. The first-order valence-electron chi connectivity index (χ1n) is 9.18. The maximum atomic E-state index is 3.76. The molecule has 0 amide bonds. The van der Waals surface area contributed by atoms with E-state index in [1.165, 1.54) is 64.5 Å². The third-order valence-electron chi connectivity index (χ3n) is 5.03. The van der Waals surface area contributed by atoms with Gasteiger partial charge in [0.25, 0.3) is 0 Å². The monoisotopic (exact) mass is 281 g/mol. The van der Waals surface area contributed by atoms with Crippen LogP contribution in [0.15, 0.2) is 0 Å². The molecule has 1 rings (SSSR count). The highest BCUT2D eigenvalue weighted by Crippen LogP contribution is 2.44. The predicted molar refractivity (Wildman–Crippen MR) is 91.1 cm³/mol. The number of nitrogens with one attached hydrogen (secondary N) is 1. The molecule has 1 aliphatic rings. The van der Waals surface area contributed by atoms with Crippen molar-refractivity contribution in [2.45, 2.75) is 86.0 Å². The van der Waals surface area contributed by atoms with E-state index >= 15 is 0 Å². The Morgan fingerprint density at radius 3 is 2.20 bits per heavy atom. The molecule has 0 aliphatic heterocycles. The van der Waals surface area contributed by atoms with Crippen LogP contribution in [0.25, 0.3) is 0 Å². The summed E-state index contributed by atoms with van der Waals surface area (Å²) in [7, 11) is 0. The summed E-state index contributed by atoms with van der Waals surface area (Å²) < 4.78 is 0. The van der Waals surface area contributed by atoms with Crippen molar-refractivity contribution in [3.63, 3.8) is 0 Å². The van der Waals surface area contributed by atoms with Crippen molar-refractivity contribution in [1.82, 2.24) is 5.32 Å². The Kier molecular flexibility index (Phi) is 8.17. The number of rotatable bonds is 9. The molecule has 0 aromatic carbocycles. The second kappa shape index (κ2) is 9.07. The lowest BCUT2D eigenvalue weighted by molar-refractivity contribution is 0.111. The van der Waals surface area contributed by atoms with Gasteiger partial charge in [-0.25, -0.2) is 0 Å². The summed E-state index contributed by atoms with van der Waals surface area (Å²) in [5.74, 6) is 2.63. The Bertz CT molecular complexity index is 236. The third-order valence-corrected chi connectivity index (χ3v) is 5.03. The molecule has 1 heteroatoms. The largest absolute Gasteiger partial charge is 0.316 e. The van der Waals surface area contributed by atoms with Gasteiger partial charge < -0.3 is 5.32 Å². The zero-order valence-corrected chi connectivity index (χ0v) is 14.8. The molecule has 20 heavy (non-hydrogen) atoms. The van der Waals surface area contributed by atoms with E-state index in [9.17, 15) is 0 Å². The van der Waals surface area contributed by atoms with Crippen molar-refractivity contribution in [2.24, 2.45) is 23.2 Å². The first-order valence-corrected chi connectivity index (χ1v) is 9.18. The molecule has 0 saturated heterocycles. The van der Waals surface area contributed by atoms with E-state index in [1.807, 2.05) is 0 Å². The van der Waals surface area contributed by atoms with Crippen LogP contribution in [0.2, 0.25) is 0 Å². The summed E-state index contributed by atoms with van der Waals surface area (Å²) >= 11 is 0. The van der Waals surface area contributed by atoms with Gasteiger partial charge in [0.1, 0.15) is 0 Å². The van der Waals surface area contributed by atoms with Crippen LogP contribution in [-0.4, -0.2) is 13.1 Å². The molecule has 0 unspecified atom stereocenters. The van der Waals surface area contributed by atoms with Crippen LogP contribution in [0.4, 0.5) is 0 Å². The standard InChI is InChI=1S/C19H39N/c1-6-7-8-18-9-11-19(12-10-18,13-16(2)3)15-20-14-17(4)5/h16-18,20H,6-15H2,1-5H3. The van der Waals surface area contributed by atoms with Gasteiger partial charge in [0.2, 0.25) is 0 Å². The highest BCUT2D eigenvalue weighted by atomic mass is 14.9. The predicted octanol–water partition coefficient (Wildman–Crippen LogP) is 5.64. The van der Waals surface area contributed by atoms with Gasteiger partial charge >= 0.3 is 0 Å². The molecular weight excluding hydrogens is 242 g/mol. The van der Waals surface area contributed by atoms with Crippen molar-refractivity contribution >= 4 is 0 Å². The van der Waals surface area contributed by atoms with Crippen LogP contribution in [0.5, 0.6) is 0 Å². The van der Waals surface area contributed by atoms with Gasteiger partial charge in [-0.1, -0.05) is 53.9 Å². The highest BCUT2D eigenvalue weighted by molar-refractivity contribution is 4.88. The fourth-order valence-electron chi connectivity index (χ4n) is 4.02. The van der Waals surface area contributed by atoms with Crippen LogP contribution >= 0.6 is 0 Å². The number of hydrogen-bond acceptors (Lipinski definition) is 1. The maximum Gasteiger partial charge on any atom is 0.000802 e. The lowest BCUT2D eigenvalue weighted by Crippen LogP contribution is -2.39. The average molecular weight is 282 g/mol. The van der Waals surface area contributed by atoms with Crippen LogP contribution in [0.3, 0.4) is 0 Å². The number of hydrogen-bond donors (Lipinski definition) is 1. The smallest absolute Gasteiger partial charge is 0.000802 e. The highest BCUT2D eigenvalue weighted by Gasteiger charge is 2.35. The van der Waals surface area contributed by atoms with Crippen LogP contribution in [0.1, 0.15) is 86.0 Å². The molecule has 0 aromatic heterocycles. The van der Waals surface area contributed by atoms with Gasteiger partial charge in [0.05, 0.1) is 0 Å². The molecule has 0 heterocycles. The van der Waals surface area contributed by atoms with Crippen molar-refractivity contribution in [3.05, 3.63) is 0 Å². The Morgan fingerprint density at radius 1 is 1.05 bits per heavy atom. The fourth-order valence-corrected chi connectivity index (χ4v) is 4.02. The number of unbranched alkanes of at least 4 members (excludes halogenated alkanes) is 1. The molecule has 0 aromatic rings. The Morgan fingerprint density at radius 2 is 1.70 bits per heavy atom. The Labute approximate surface area is 128 Å². The van der Waals surface area contributed by atoms with E-state index in [0.29, 0.717) is 5.41 Å². The van der Waals surface area contributed by atoms with Gasteiger partial charge in [-0.05, 0) is 61.8 Å². The van der Waals surface area contributed by atoms with Crippen LogP contribution in [-0.2, 0) is 0 Å². The fraction of sp³-hybridized carbons (Fsp3) is 1.00. The SMILES string of the molecule is CCCCC1CCC(CNCC(C)C)(CC(C)C)CC1. The molecule has 0 radical (unpaired) electrons. The van der Waals surface area contributed by atoms with E-state index in [4.69, 9.17) is 0 Å². The summed E-state index contributed by atoms with van der Waals surface area (Å²) in [6.45, 7) is 14.2. The summed E-state index contributed by atoms with van der Waals surface area (Å²) in [5.41, 5.74) is 0.603. The third kappa shape index (κ3) is 6.61. The molecular formula is C19H39N. The molecule has 0 spiro atoms. The second-order valence-electron chi connectivity index (χ2n) is 8.21. The zero-order valence-electron chi connectivity index (χ0n) is 14.8. The lowest BCUT2D eigenvalue weighted by atomic mass is 9.66. The van der Waals surface area contributed by atoms with Crippen LogP contribution in [0, 0.1) is 23.2 Å². The minimum absolute atomic E-state index is 0.603. The van der Waals surface area contributed by atoms with Crippen LogP contribution < -0.4 is 5.32 Å². The topological polar surface area (TPSA) is 12.0 Å². The summed E-state index contributed by atoms with van der Waals surface area (Å²) in [4.78, 5) is 0. The lowest BCUT2D eigenvalue weighted by Gasteiger charge is -2.42. The molecule has 1 saturated carbocycles. The van der Waals surface area contributed by atoms with Crippen molar-refractivity contribution in [3.8, 4) is 0 Å². The van der Waals surface area contributed by atoms with E-state index in [-0.39, 0.29) is 0 Å². The molecule has 1 fully saturated rings. The minimum atomic E-state index is 0.603. The molecule has 1 aliphatic carbocycles. The maximum absolute atomic E-state index is 3.76. The Balaban J connectivity index is 2.45. The first kappa shape index (κ1) is 18.0. The Hall–Kier alpha value is -0.0400. The van der Waals surface area contributed by atoms with E-state index in [2.05, 4.69) is 39.9 Å². The molecule has 1 N–H and O–H groups in total. The van der Waals surface area contributed by atoms with Gasteiger partial charge in [-0.2, -0.15) is 0 Å². The molecule has 1 nitrogen and oxygen atoms in total. The quantitative estimate of drug-likeness (QED) is 0.576. The van der Waals surface area contributed by atoms with E-state index in [1.54, 1.807) is 0 Å². The molecule has 0 bridgehead atoms. The summed E-state index contributed by atoms with van der Waals surface area (Å²) in [6, 6.07) is 0. The van der Waals surface area contributed by atoms with E-state index in [0.717, 1.165) is 17.8 Å². The normalized spacial score (nSPS) is 27.4. The van der Waals surface area contributed by atoms with Crippen molar-refractivity contribution in [1.29, 1.82) is 0 Å². The van der Waals surface area contributed by atoms with Gasteiger partial charge in [0, 0.05) is 6.54 Å². The van der Waals surface area contributed by atoms with E-state index < -0.39 is 0 Å². The van der Waals surface area contributed by atoms with Crippen molar-refractivity contribution < 1.29 is 0 Å². The van der Waals surface area contributed by atoms with Gasteiger partial charge in [-0.3, -0.25) is 0 Å².